The number of hydrogen-bond acceptors (Lipinski definition) is 7. The van der Waals surface area contributed by atoms with Crippen molar-refractivity contribution in [1.29, 1.82) is 0 Å². The largest absolute Gasteiger partial charge is 0.480 e. The minimum atomic E-state index is -0.880. The maximum Gasteiger partial charge on any atom is 0.321 e. The Balaban J connectivity index is 1.96. The fourth-order valence-corrected chi connectivity index (χ4v) is 2.15. The van der Waals surface area contributed by atoms with E-state index in [9.17, 15) is 20.0 Å². The molecule has 4 N–H and O–H groups in total. The van der Waals surface area contributed by atoms with Crippen LogP contribution in [0.3, 0.4) is 0 Å². The summed E-state index contributed by atoms with van der Waals surface area (Å²) in [4.78, 5) is 32.1. The van der Waals surface area contributed by atoms with E-state index in [1.165, 1.54) is 6.33 Å². The molecule has 0 aliphatic rings. The third-order valence-corrected chi connectivity index (χ3v) is 3.39. The second-order valence-corrected chi connectivity index (χ2v) is 5.35. The molecule has 1 rings (SSSR count). The van der Waals surface area contributed by atoms with Crippen molar-refractivity contribution in [2.45, 2.75) is 38.1 Å². The Bertz CT molecular complexity index is 468. The van der Waals surface area contributed by atoms with Gasteiger partial charge in [-0.25, -0.2) is 4.98 Å². The van der Waals surface area contributed by atoms with Crippen LogP contribution >= 0.6 is 0 Å². The van der Waals surface area contributed by atoms with E-state index in [1.54, 1.807) is 6.20 Å². The SMILES string of the molecule is O=C(O)C(Cc1cnc[nH]1)NCCCNCCCCCO[N+](=O)[O-]. The summed E-state index contributed by atoms with van der Waals surface area (Å²) in [7, 11) is 0. The molecule has 1 atom stereocenters. The molecular formula is C14H25N5O5. The number of aromatic nitrogens is 2. The van der Waals surface area contributed by atoms with Crippen LogP contribution in [0, 0.1) is 10.1 Å². The molecule has 136 valence electrons. The molecule has 0 aliphatic heterocycles. The highest BCUT2D eigenvalue weighted by atomic mass is 16.9. The highest BCUT2D eigenvalue weighted by molar-refractivity contribution is 5.73. The number of nitrogens with zero attached hydrogens (tertiary/aromatic N) is 2. The predicted octanol–water partition coefficient (Wildman–Crippen LogP) is 0.353. The second-order valence-electron chi connectivity index (χ2n) is 5.35. The number of H-pyrrole nitrogens is 1. The van der Waals surface area contributed by atoms with Gasteiger partial charge in [0.1, 0.15) is 6.04 Å². The number of unbranched alkanes of at least 4 members (excludes halogenated alkanes) is 2. The van der Waals surface area contributed by atoms with Gasteiger partial charge in [-0.15, -0.1) is 10.1 Å². The van der Waals surface area contributed by atoms with Gasteiger partial charge in [0, 0.05) is 18.3 Å². The highest BCUT2D eigenvalue weighted by Crippen LogP contribution is 1.99. The third kappa shape index (κ3) is 9.74. The zero-order chi connectivity index (χ0) is 17.6. The van der Waals surface area contributed by atoms with Gasteiger partial charge in [0.05, 0.1) is 12.9 Å². The first kappa shape index (κ1) is 19.8. The summed E-state index contributed by atoms with van der Waals surface area (Å²) in [6.45, 7) is 2.36. The molecule has 0 bridgehead atoms. The Morgan fingerprint density at radius 3 is 2.79 bits per heavy atom. The summed E-state index contributed by atoms with van der Waals surface area (Å²) >= 11 is 0. The van der Waals surface area contributed by atoms with E-state index >= 15 is 0 Å². The van der Waals surface area contributed by atoms with Gasteiger partial charge < -0.3 is 25.6 Å². The molecule has 0 saturated carbocycles. The molecule has 0 amide bonds. The molecular weight excluding hydrogens is 318 g/mol. The number of carboxylic acid groups (broad SMARTS) is 1. The topological polar surface area (TPSA) is 142 Å². The number of aromatic amines is 1. The summed E-state index contributed by atoms with van der Waals surface area (Å²) in [6.07, 6.45) is 6.79. The minimum Gasteiger partial charge on any atom is -0.480 e. The number of aliphatic carboxylic acids is 1. The van der Waals surface area contributed by atoms with Gasteiger partial charge >= 0.3 is 5.97 Å². The number of imidazole rings is 1. The zero-order valence-corrected chi connectivity index (χ0v) is 13.6. The fourth-order valence-electron chi connectivity index (χ4n) is 2.15. The molecule has 10 heteroatoms. The van der Waals surface area contributed by atoms with Gasteiger partial charge in [-0.05, 0) is 38.9 Å². The van der Waals surface area contributed by atoms with Crippen molar-refractivity contribution in [3.8, 4) is 0 Å². The Kier molecular flexibility index (Phi) is 10.1. The zero-order valence-electron chi connectivity index (χ0n) is 13.6. The van der Waals surface area contributed by atoms with Gasteiger partial charge in [0.25, 0.3) is 5.09 Å². The third-order valence-electron chi connectivity index (χ3n) is 3.39. The van der Waals surface area contributed by atoms with E-state index < -0.39 is 17.1 Å². The fraction of sp³-hybridized carbons (Fsp3) is 0.714. The Morgan fingerprint density at radius 1 is 1.33 bits per heavy atom. The molecule has 0 spiro atoms. The van der Waals surface area contributed by atoms with Crippen molar-refractivity contribution in [2.24, 2.45) is 0 Å². The lowest BCUT2D eigenvalue weighted by atomic mass is 10.1. The molecule has 0 saturated heterocycles. The van der Waals surface area contributed by atoms with Crippen LogP contribution in [0.15, 0.2) is 12.5 Å². The van der Waals surface area contributed by atoms with Crippen LogP contribution in [0.25, 0.3) is 0 Å². The maximum absolute atomic E-state index is 11.2. The first-order valence-corrected chi connectivity index (χ1v) is 8.01. The van der Waals surface area contributed by atoms with Crippen molar-refractivity contribution >= 4 is 5.97 Å². The highest BCUT2D eigenvalue weighted by Gasteiger charge is 2.17. The van der Waals surface area contributed by atoms with Crippen LogP contribution in [-0.4, -0.2) is 58.4 Å². The Hall–Kier alpha value is -2.20. The number of hydrogen-bond donors (Lipinski definition) is 4. The standard InChI is InChI=1S/C14H25N5O5/c20-14(21)13(9-12-10-16-11-18-12)17-7-4-6-15-5-2-1-3-8-24-19(22)23/h10-11,13,15,17H,1-9H2,(H,16,18)(H,20,21). The lowest BCUT2D eigenvalue weighted by Gasteiger charge is -2.13. The summed E-state index contributed by atoms with van der Waals surface area (Å²) < 4.78 is 0. The van der Waals surface area contributed by atoms with Crippen LogP contribution in [0.1, 0.15) is 31.4 Å². The summed E-state index contributed by atoms with van der Waals surface area (Å²) in [5.41, 5.74) is 0.786. The quantitative estimate of drug-likeness (QED) is 0.203. The van der Waals surface area contributed by atoms with Crippen molar-refractivity contribution in [3.05, 3.63) is 28.3 Å². The Labute approximate surface area is 140 Å². The minimum absolute atomic E-state index is 0.143. The van der Waals surface area contributed by atoms with E-state index in [2.05, 4.69) is 25.4 Å². The molecule has 1 heterocycles. The molecule has 0 aromatic carbocycles. The molecule has 0 radical (unpaired) electrons. The van der Waals surface area contributed by atoms with E-state index in [1.807, 2.05) is 0 Å². The summed E-state index contributed by atoms with van der Waals surface area (Å²) in [6, 6.07) is -0.632. The summed E-state index contributed by atoms with van der Waals surface area (Å²) in [5, 5.41) is 24.6. The van der Waals surface area contributed by atoms with E-state index in [0.717, 1.165) is 38.0 Å². The van der Waals surface area contributed by atoms with Crippen LogP contribution in [0.5, 0.6) is 0 Å². The first-order chi connectivity index (χ1) is 11.6. The van der Waals surface area contributed by atoms with Gasteiger partial charge in [0.2, 0.25) is 0 Å². The smallest absolute Gasteiger partial charge is 0.321 e. The normalized spacial score (nSPS) is 12.0. The van der Waals surface area contributed by atoms with E-state index in [4.69, 9.17) is 0 Å². The number of rotatable bonds is 15. The molecule has 24 heavy (non-hydrogen) atoms. The molecule has 10 nitrogen and oxygen atoms in total. The lowest BCUT2D eigenvalue weighted by molar-refractivity contribution is -0.757. The predicted molar refractivity (Wildman–Crippen MR) is 86.0 cm³/mol. The number of carbonyl (C=O) groups is 1. The maximum atomic E-state index is 11.2. The van der Waals surface area contributed by atoms with Crippen molar-refractivity contribution in [1.82, 2.24) is 20.6 Å². The van der Waals surface area contributed by atoms with Crippen LogP contribution in [0.4, 0.5) is 0 Å². The average molecular weight is 343 g/mol. The Morgan fingerprint density at radius 2 is 2.12 bits per heavy atom. The first-order valence-electron chi connectivity index (χ1n) is 8.01. The average Bonchev–Trinajstić information content (AvgIpc) is 3.04. The molecule has 1 aromatic heterocycles. The van der Waals surface area contributed by atoms with Crippen LogP contribution < -0.4 is 10.6 Å². The molecule has 0 aliphatic carbocycles. The van der Waals surface area contributed by atoms with Crippen molar-refractivity contribution in [2.75, 3.05) is 26.2 Å². The lowest BCUT2D eigenvalue weighted by Crippen LogP contribution is -2.39. The van der Waals surface area contributed by atoms with Gasteiger partial charge in [-0.2, -0.15) is 0 Å². The van der Waals surface area contributed by atoms with Crippen molar-refractivity contribution < 1.29 is 19.8 Å². The van der Waals surface area contributed by atoms with E-state index in [-0.39, 0.29) is 6.61 Å². The molecule has 1 aromatic rings. The van der Waals surface area contributed by atoms with Crippen molar-refractivity contribution in [3.63, 3.8) is 0 Å². The molecule has 0 fully saturated rings. The monoisotopic (exact) mass is 343 g/mol. The van der Waals surface area contributed by atoms with Gasteiger partial charge in [-0.1, -0.05) is 6.42 Å². The second kappa shape index (κ2) is 12.3. The summed E-state index contributed by atoms with van der Waals surface area (Å²) in [5.74, 6) is -0.880. The number of carboxylic acids is 1. The number of nitrogens with one attached hydrogen (secondary N) is 3. The van der Waals surface area contributed by atoms with E-state index in [0.29, 0.717) is 19.4 Å². The molecule has 1 unspecified atom stereocenters. The van der Waals surface area contributed by atoms with Crippen LogP contribution in [-0.2, 0) is 16.1 Å². The van der Waals surface area contributed by atoms with Crippen LogP contribution in [0.2, 0.25) is 0 Å². The van der Waals surface area contributed by atoms with Gasteiger partial charge in [0.15, 0.2) is 0 Å². The van der Waals surface area contributed by atoms with Gasteiger partial charge in [-0.3, -0.25) is 4.79 Å².